The lowest BCUT2D eigenvalue weighted by Gasteiger charge is -2.10. The summed E-state index contributed by atoms with van der Waals surface area (Å²) in [6.07, 6.45) is 3.35. The fourth-order valence-electron chi connectivity index (χ4n) is 2.86. The zero-order valence-electron chi connectivity index (χ0n) is 15.1. The largest absolute Gasteiger partial charge is 0.354 e. The van der Waals surface area contributed by atoms with Gasteiger partial charge in [-0.15, -0.1) is 0 Å². The van der Waals surface area contributed by atoms with Crippen LogP contribution in [0, 0.1) is 6.92 Å². The Hall–Kier alpha value is -3.44. The number of amides is 1. The average molecular weight is 389 g/mol. The first-order chi connectivity index (χ1) is 13.6. The third-order valence-corrected chi connectivity index (χ3v) is 4.74. The van der Waals surface area contributed by atoms with Gasteiger partial charge in [0, 0.05) is 34.2 Å². The van der Waals surface area contributed by atoms with Gasteiger partial charge < -0.3 is 10.6 Å². The lowest BCUT2D eigenvalue weighted by atomic mass is 10.2. The molecule has 0 bridgehead atoms. The smallest absolute Gasteiger partial charge is 0.274 e. The van der Waals surface area contributed by atoms with E-state index in [-0.39, 0.29) is 5.91 Å². The number of hydrogen-bond donors (Lipinski definition) is 2. The number of carbonyl (C=O) groups is 1. The summed E-state index contributed by atoms with van der Waals surface area (Å²) in [5.41, 5.74) is 4.35. The van der Waals surface area contributed by atoms with Crippen LogP contribution in [0.4, 0.5) is 17.1 Å². The number of aromatic nitrogens is 2. The molecule has 4 aromatic rings. The Kier molecular flexibility index (Phi) is 4.91. The van der Waals surface area contributed by atoms with Gasteiger partial charge in [-0.1, -0.05) is 35.9 Å². The van der Waals surface area contributed by atoms with Crippen LogP contribution in [0.2, 0.25) is 5.02 Å². The summed E-state index contributed by atoms with van der Waals surface area (Å²) in [5.74, 6) is -0.306. The zero-order valence-corrected chi connectivity index (χ0v) is 15.9. The Morgan fingerprint density at radius 1 is 0.929 bits per heavy atom. The predicted octanol–water partition coefficient (Wildman–Crippen LogP) is 5.59. The molecule has 2 N–H and O–H groups in total. The molecule has 0 atom stereocenters. The second kappa shape index (κ2) is 7.66. The van der Waals surface area contributed by atoms with E-state index in [1.165, 1.54) is 0 Å². The van der Waals surface area contributed by atoms with Gasteiger partial charge in [-0.3, -0.25) is 14.8 Å². The average Bonchev–Trinajstić information content (AvgIpc) is 2.71. The molecule has 2 heterocycles. The maximum Gasteiger partial charge on any atom is 0.274 e. The highest BCUT2D eigenvalue weighted by molar-refractivity contribution is 6.31. The number of nitrogens with zero attached hydrogens (tertiary/aromatic N) is 2. The normalized spacial score (nSPS) is 10.6. The third-order valence-electron chi connectivity index (χ3n) is 4.33. The van der Waals surface area contributed by atoms with Gasteiger partial charge in [0.15, 0.2) is 0 Å². The quantitative estimate of drug-likeness (QED) is 0.478. The van der Waals surface area contributed by atoms with E-state index >= 15 is 0 Å². The van der Waals surface area contributed by atoms with Crippen LogP contribution in [0.3, 0.4) is 0 Å². The number of carbonyl (C=O) groups excluding carboxylic acids is 1. The highest BCUT2D eigenvalue weighted by Gasteiger charge is 2.10. The van der Waals surface area contributed by atoms with E-state index in [2.05, 4.69) is 20.6 Å². The number of aryl methyl sites for hydroxylation is 1. The number of fused-ring (bicyclic) bond motifs is 1. The van der Waals surface area contributed by atoms with Crippen molar-refractivity contribution in [3.63, 3.8) is 0 Å². The van der Waals surface area contributed by atoms with Crippen LogP contribution in [-0.2, 0) is 0 Å². The van der Waals surface area contributed by atoms with E-state index in [0.29, 0.717) is 16.4 Å². The van der Waals surface area contributed by atoms with Crippen LogP contribution in [0.5, 0.6) is 0 Å². The number of pyridine rings is 2. The van der Waals surface area contributed by atoms with Crippen molar-refractivity contribution in [2.75, 3.05) is 10.6 Å². The number of anilines is 3. The third kappa shape index (κ3) is 3.80. The maximum atomic E-state index is 12.6. The van der Waals surface area contributed by atoms with E-state index in [1.807, 2.05) is 49.4 Å². The van der Waals surface area contributed by atoms with Crippen LogP contribution < -0.4 is 10.6 Å². The first kappa shape index (κ1) is 17.9. The van der Waals surface area contributed by atoms with E-state index in [9.17, 15) is 4.79 Å². The molecule has 138 valence electrons. The van der Waals surface area contributed by atoms with E-state index < -0.39 is 0 Å². The number of para-hydroxylation sites is 1. The standard InChI is InChI=1S/C22H17ClN4O/c1-14-7-8-16(12-18(14)23)27-22(28)20-13-17(9-11-24-20)26-19-6-2-4-15-5-3-10-25-21(15)19/h2-13H,1H3,(H,24,26)(H,27,28). The van der Waals surface area contributed by atoms with Crippen LogP contribution in [-0.4, -0.2) is 15.9 Å². The SMILES string of the molecule is Cc1ccc(NC(=O)c2cc(Nc3cccc4cccnc34)ccn2)cc1Cl. The van der Waals surface area contributed by atoms with Crippen molar-refractivity contribution in [3.05, 3.63) is 89.3 Å². The first-order valence-corrected chi connectivity index (χ1v) is 9.12. The molecule has 28 heavy (non-hydrogen) atoms. The van der Waals surface area contributed by atoms with Gasteiger partial charge in [-0.05, 0) is 48.9 Å². The molecule has 2 aromatic carbocycles. The molecule has 0 spiro atoms. The second-order valence-electron chi connectivity index (χ2n) is 6.35. The van der Waals surface area contributed by atoms with Gasteiger partial charge in [0.1, 0.15) is 5.69 Å². The van der Waals surface area contributed by atoms with Gasteiger partial charge >= 0.3 is 0 Å². The minimum absolute atomic E-state index is 0.301. The van der Waals surface area contributed by atoms with Gasteiger partial charge in [-0.25, -0.2) is 0 Å². The molecule has 1 amide bonds. The predicted molar refractivity (Wildman–Crippen MR) is 113 cm³/mol. The molecule has 4 rings (SSSR count). The molecule has 0 saturated heterocycles. The topological polar surface area (TPSA) is 66.9 Å². The molecule has 2 aromatic heterocycles. The number of halogens is 1. The highest BCUT2D eigenvalue weighted by atomic mass is 35.5. The van der Waals surface area contributed by atoms with Gasteiger partial charge in [0.05, 0.1) is 11.2 Å². The van der Waals surface area contributed by atoms with Crippen molar-refractivity contribution in [1.82, 2.24) is 9.97 Å². The number of nitrogens with one attached hydrogen (secondary N) is 2. The van der Waals surface area contributed by atoms with E-state index in [1.54, 1.807) is 30.6 Å². The van der Waals surface area contributed by atoms with Crippen LogP contribution in [0.15, 0.2) is 73.1 Å². The lowest BCUT2D eigenvalue weighted by molar-refractivity contribution is 0.102. The molecule has 0 aliphatic heterocycles. The summed E-state index contributed by atoms with van der Waals surface area (Å²) in [6, 6.07) is 18.7. The van der Waals surface area contributed by atoms with Crippen molar-refractivity contribution < 1.29 is 4.79 Å². The molecule has 0 fully saturated rings. The minimum Gasteiger partial charge on any atom is -0.354 e. The molecular formula is C22H17ClN4O. The molecule has 0 radical (unpaired) electrons. The molecule has 0 aliphatic carbocycles. The monoisotopic (exact) mass is 388 g/mol. The second-order valence-corrected chi connectivity index (χ2v) is 6.76. The maximum absolute atomic E-state index is 12.6. The van der Waals surface area contributed by atoms with E-state index in [4.69, 9.17) is 11.6 Å². The summed E-state index contributed by atoms with van der Waals surface area (Å²) >= 11 is 6.12. The molecule has 0 aliphatic rings. The van der Waals surface area contributed by atoms with Crippen molar-refractivity contribution in [1.29, 1.82) is 0 Å². The van der Waals surface area contributed by atoms with Crippen LogP contribution >= 0.6 is 11.6 Å². The lowest BCUT2D eigenvalue weighted by Crippen LogP contribution is -2.13. The Morgan fingerprint density at radius 3 is 2.64 bits per heavy atom. The summed E-state index contributed by atoms with van der Waals surface area (Å²) in [4.78, 5) is 21.2. The Labute approximate surface area is 167 Å². The van der Waals surface area contributed by atoms with Crippen LogP contribution in [0.25, 0.3) is 10.9 Å². The summed E-state index contributed by atoms with van der Waals surface area (Å²) in [5, 5.41) is 7.78. The Balaban J connectivity index is 1.57. The van der Waals surface area contributed by atoms with Gasteiger partial charge in [-0.2, -0.15) is 0 Å². The number of rotatable bonds is 4. The number of hydrogen-bond acceptors (Lipinski definition) is 4. The fourth-order valence-corrected chi connectivity index (χ4v) is 3.04. The van der Waals surface area contributed by atoms with Gasteiger partial charge in [0.2, 0.25) is 0 Å². The van der Waals surface area contributed by atoms with Gasteiger partial charge in [0.25, 0.3) is 5.91 Å². The van der Waals surface area contributed by atoms with E-state index in [0.717, 1.165) is 27.8 Å². The summed E-state index contributed by atoms with van der Waals surface area (Å²) in [6.45, 7) is 1.91. The number of benzene rings is 2. The van der Waals surface area contributed by atoms with Crippen molar-refractivity contribution in [2.24, 2.45) is 0 Å². The molecule has 0 unspecified atom stereocenters. The summed E-state index contributed by atoms with van der Waals surface area (Å²) in [7, 11) is 0. The Bertz CT molecular complexity index is 1170. The molecule has 6 heteroatoms. The molecule has 5 nitrogen and oxygen atoms in total. The highest BCUT2D eigenvalue weighted by Crippen LogP contribution is 2.25. The fraction of sp³-hybridized carbons (Fsp3) is 0.0455. The first-order valence-electron chi connectivity index (χ1n) is 8.74. The summed E-state index contributed by atoms with van der Waals surface area (Å²) < 4.78 is 0. The van der Waals surface area contributed by atoms with Crippen LogP contribution in [0.1, 0.15) is 16.1 Å². The molecular weight excluding hydrogens is 372 g/mol. The minimum atomic E-state index is -0.306. The van der Waals surface area contributed by atoms with Crippen molar-refractivity contribution in [2.45, 2.75) is 6.92 Å². The van der Waals surface area contributed by atoms with Crippen molar-refractivity contribution >= 4 is 45.5 Å². The van der Waals surface area contributed by atoms with Crippen molar-refractivity contribution in [3.8, 4) is 0 Å². The molecule has 0 saturated carbocycles. The Morgan fingerprint density at radius 2 is 1.79 bits per heavy atom. The zero-order chi connectivity index (χ0) is 19.5.